The normalized spacial score (nSPS) is 11.0. The summed E-state index contributed by atoms with van der Waals surface area (Å²) in [5, 5.41) is 3.95. The van der Waals surface area contributed by atoms with Crippen molar-refractivity contribution in [1.29, 1.82) is 0 Å². The highest BCUT2D eigenvalue weighted by atomic mass is 19.1. The van der Waals surface area contributed by atoms with Crippen molar-refractivity contribution in [2.75, 3.05) is 12.8 Å². The lowest BCUT2D eigenvalue weighted by atomic mass is 9.99. The Labute approximate surface area is 111 Å². The number of methoxy groups -OCH3 is 1. The largest absolute Gasteiger partial charge is 0.494 e. The zero-order valence-corrected chi connectivity index (χ0v) is 11.2. The molecule has 1 aromatic carbocycles. The first-order valence-electron chi connectivity index (χ1n) is 6.10. The number of rotatable bonds is 4. The monoisotopic (exact) mass is 264 g/mol. The van der Waals surface area contributed by atoms with Gasteiger partial charge in [0.1, 0.15) is 0 Å². The first kappa shape index (κ1) is 13.4. The van der Waals surface area contributed by atoms with Crippen LogP contribution in [0.1, 0.15) is 19.5 Å². The van der Waals surface area contributed by atoms with Gasteiger partial charge < -0.3 is 15.0 Å². The Morgan fingerprint density at radius 1 is 1.42 bits per heavy atom. The molecule has 0 unspecified atom stereocenters. The predicted molar refractivity (Wildman–Crippen MR) is 71.4 cm³/mol. The Balaban J connectivity index is 2.46. The molecule has 2 N–H and O–H groups in total. The summed E-state index contributed by atoms with van der Waals surface area (Å²) in [5.41, 5.74) is 7.84. The number of nitrogens with two attached hydrogens (primary N) is 1. The summed E-state index contributed by atoms with van der Waals surface area (Å²) in [7, 11) is 1.43. The maximum Gasteiger partial charge on any atom is 0.230 e. The quantitative estimate of drug-likeness (QED) is 0.920. The number of ether oxygens (including phenoxy) is 1. The number of nitrogen functional groups attached to an aromatic ring is 1. The third-order valence-electron chi connectivity index (χ3n) is 2.83. The van der Waals surface area contributed by atoms with E-state index >= 15 is 0 Å². The van der Waals surface area contributed by atoms with E-state index in [1.54, 1.807) is 12.1 Å². The van der Waals surface area contributed by atoms with Crippen molar-refractivity contribution < 1.29 is 13.7 Å². The van der Waals surface area contributed by atoms with Gasteiger partial charge in [-0.2, -0.15) is 0 Å². The molecule has 0 saturated carbocycles. The van der Waals surface area contributed by atoms with Crippen LogP contribution in [0.5, 0.6) is 5.75 Å². The molecule has 0 aliphatic heterocycles. The van der Waals surface area contributed by atoms with Crippen molar-refractivity contribution in [3.63, 3.8) is 0 Å². The lowest BCUT2D eigenvalue weighted by molar-refractivity contribution is 0.386. The van der Waals surface area contributed by atoms with Crippen LogP contribution in [0, 0.1) is 11.7 Å². The molecule has 0 saturated heterocycles. The van der Waals surface area contributed by atoms with Crippen molar-refractivity contribution in [3.8, 4) is 16.9 Å². The van der Waals surface area contributed by atoms with E-state index in [4.69, 9.17) is 15.0 Å². The van der Waals surface area contributed by atoms with E-state index in [0.717, 1.165) is 12.1 Å². The molecule has 2 aromatic rings. The number of hydrogen-bond donors (Lipinski definition) is 1. The molecule has 0 aliphatic carbocycles. The fraction of sp³-hybridized carbons (Fsp3) is 0.357. The fourth-order valence-corrected chi connectivity index (χ4v) is 1.99. The van der Waals surface area contributed by atoms with Crippen LogP contribution in [0.4, 0.5) is 10.3 Å². The number of halogens is 1. The molecule has 0 bridgehead atoms. The van der Waals surface area contributed by atoms with Crippen LogP contribution in [0.2, 0.25) is 0 Å². The number of nitrogens with zero attached hydrogens (tertiary/aromatic N) is 1. The van der Waals surface area contributed by atoms with Gasteiger partial charge in [-0.1, -0.05) is 25.1 Å². The summed E-state index contributed by atoms with van der Waals surface area (Å²) in [4.78, 5) is 0. The third kappa shape index (κ3) is 2.70. The minimum Gasteiger partial charge on any atom is -0.494 e. The molecular weight excluding hydrogens is 247 g/mol. The second-order valence-electron chi connectivity index (χ2n) is 4.82. The Hall–Kier alpha value is -2.04. The zero-order chi connectivity index (χ0) is 14.0. The van der Waals surface area contributed by atoms with Gasteiger partial charge in [0.15, 0.2) is 11.6 Å². The van der Waals surface area contributed by atoms with Gasteiger partial charge in [-0.05, 0) is 30.0 Å². The van der Waals surface area contributed by atoms with Crippen LogP contribution in [0.15, 0.2) is 22.7 Å². The van der Waals surface area contributed by atoms with E-state index in [1.807, 2.05) is 0 Å². The Morgan fingerprint density at radius 2 is 2.16 bits per heavy atom. The summed E-state index contributed by atoms with van der Waals surface area (Å²) in [6, 6.07) is 4.69. The molecule has 0 amide bonds. The second-order valence-corrected chi connectivity index (χ2v) is 4.82. The van der Waals surface area contributed by atoms with Gasteiger partial charge in [-0.25, -0.2) is 4.39 Å². The fourth-order valence-electron chi connectivity index (χ4n) is 1.99. The minimum absolute atomic E-state index is 0.198. The van der Waals surface area contributed by atoms with E-state index in [9.17, 15) is 4.39 Å². The molecule has 5 heteroatoms. The van der Waals surface area contributed by atoms with Crippen LogP contribution in [0.25, 0.3) is 11.1 Å². The summed E-state index contributed by atoms with van der Waals surface area (Å²) in [6.07, 6.45) is 0.726. The summed E-state index contributed by atoms with van der Waals surface area (Å²) < 4.78 is 23.7. The van der Waals surface area contributed by atoms with Crippen molar-refractivity contribution in [3.05, 3.63) is 29.7 Å². The molecule has 0 radical (unpaired) electrons. The van der Waals surface area contributed by atoms with Crippen molar-refractivity contribution in [1.82, 2.24) is 5.16 Å². The SMILES string of the molecule is COc1ccc(-c2c(CC(C)C)noc2N)cc1F. The molecule has 19 heavy (non-hydrogen) atoms. The van der Waals surface area contributed by atoms with Crippen molar-refractivity contribution >= 4 is 5.88 Å². The second kappa shape index (κ2) is 5.30. The smallest absolute Gasteiger partial charge is 0.230 e. The van der Waals surface area contributed by atoms with E-state index in [-0.39, 0.29) is 11.6 Å². The van der Waals surface area contributed by atoms with E-state index in [2.05, 4.69) is 19.0 Å². The average molecular weight is 264 g/mol. The Bertz CT molecular complexity index is 579. The molecule has 0 aliphatic rings. The van der Waals surface area contributed by atoms with Crippen LogP contribution in [-0.4, -0.2) is 12.3 Å². The van der Waals surface area contributed by atoms with Gasteiger partial charge in [-0.3, -0.25) is 0 Å². The van der Waals surface area contributed by atoms with Gasteiger partial charge >= 0.3 is 0 Å². The predicted octanol–water partition coefficient (Wildman–Crippen LogP) is 3.27. The van der Waals surface area contributed by atoms with Crippen LogP contribution < -0.4 is 10.5 Å². The molecule has 1 heterocycles. The maximum absolute atomic E-state index is 13.8. The lowest BCUT2D eigenvalue weighted by Gasteiger charge is -2.07. The standard InChI is InChI=1S/C14H17FN2O2/c1-8(2)6-11-13(14(16)19-17-11)9-4-5-12(18-3)10(15)7-9/h4-5,7-8H,6,16H2,1-3H3. The van der Waals surface area contributed by atoms with Crippen LogP contribution in [0.3, 0.4) is 0 Å². The van der Waals surface area contributed by atoms with Crippen molar-refractivity contribution in [2.45, 2.75) is 20.3 Å². The highest BCUT2D eigenvalue weighted by Crippen LogP contribution is 2.33. The average Bonchev–Trinajstić information content (AvgIpc) is 2.69. The van der Waals surface area contributed by atoms with Gasteiger partial charge in [0.05, 0.1) is 18.4 Å². The Kier molecular flexibility index (Phi) is 3.74. The summed E-state index contributed by atoms with van der Waals surface area (Å²) >= 11 is 0. The van der Waals surface area contributed by atoms with Gasteiger partial charge in [0.2, 0.25) is 5.88 Å². The van der Waals surface area contributed by atoms with Crippen LogP contribution in [-0.2, 0) is 6.42 Å². The van der Waals surface area contributed by atoms with Gasteiger partial charge in [0, 0.05) is 0 Å². The topological polar surface area (TPSA) is 61.3 Å². The molecule has 0 fully saturated rings. The number of hydrogen-bond acceptors (Lipinski definition) is 4. The molecule has 1 aromatic heterocycles. The van der Waals surface area contributed by atoms with Crippen molar-refractivity contribution in [2.24, 2.45) is 5.92 Å². The molecule has 0 atom stereocenters. The molecule has 102 valence electrons. The number of anilines is 1. The van der Waals surface area contributed by atoms with E-state index < -0.39 is 5.82 Å². The molecule has 0 spiro atoms. The number of benzene rings is 1. The van der Waals surface area contributed by atoms with Gasteiger partial charge in [-0.15, -0.1) is 0 Å². The highest BCUT2D eigenvalue weighted by molar-refractivity contribution is 5.75. The summed E-state index contributed by atoms with van der Waals surface area (Å²) in [6.45, 7) is 4.15. The zero-order valence-electron chi connectivity index (χ0n) is 11.2. The van der Waals surface area contributed by atoms with Crippen LogP contribution >= 0.6 is 0 Å². The maximum atomic E-state index is 13.8. The van der Waals surface area contributed by atoms with E-state index in [0.29, 0.717) is 17.0 Å². The molecular formula is C14H17FN2O2. The Morgan fingerprint density at radius 3 is 2.74 bits per heavy atom. The summed E-state index contributed by atoms with van der Waals surface area (Å²) in [5.74, 6) is 0.381. The third-order valence-corrected chi connectivity index (χ3v) is 2.83. The van der Waals surface area contributed by atoms with E-state index in [1.165, 1.54) is 13.2 Å². The lowest BCUT2D eigenvalue weighted by Crippen LogP contribution is -1.98. The first-order chi connectivity index (χ1) is 9.02. The molecule has 2 rings (SSSR count). The van der Waals surface area contributed by atoms with Gasteiger partial charge in [0.25, 0.3) is 0 Å². The molecule has 4 nitrogen and oxygen atoms in total. The minimum atomic E-state index is -0.434. The number of aromatic nitrogens is 1. The highest BCUT2D eigenvalue weighted by Gasteiger charge is 2.18. The first-order valence-corrected chi connectivity index (χ1v) is 6.10.